The van der Waals surface area contributed by atoms with Crippen molar-refractivity contribution in [2.75, 3.05) is 199 Å². The first kappa shape index (κ1) is 83.9. The minimum atomic E-state index is -1.73. The predicted molar refractivity (Wildman–Crippen MR) is 352 cm³/mol. The molecule has 1 aliphatic heterocycles. The highest BCUT2D eigenvalue weighted by atomic mass is 35.5. The number of fused-ring (bicyclic) bond motifs is 5. The van der Waals surface area contributed by atoms with Gasteiger partial charge in [0.1, 0.15) is 19.4 Å². The number of ketones is 2. The molecule has 0 aromatic rings. The molecule has 1 heterocycles. The van der Waals surface area contributed by atoms with E-state index < -0.39 is 119 Å². The maximum Gasteiger partial charge on any atom is 0.306 e. The zero-order valence-electron chi connectivity index (χ0n) is 58.0. The number of nitrogens with one attached hydrogen (secondary N) is 5. The summed E-state index contributed by atoms with van der Waals surface area (Å²) in [5.74, 6) is -7.24. The number of carbonyl (C=O) groups excluding carboxylic acids is 10. The van der Waals surface area contributed by atoms with E-state index in [4.69, 9.17) is 77.9 Å². The van der Waals surface area contributed by atoms with Gasteiger partial charge < -0.3 is 98.0 Å². The van der Waals surface area contributed by atoms with Gasteiger partial charge in [-0.25, -0.2) is 0 Å². The van der Waals surface area contributed by atoms with Gasteiger partial charge in [-0.05, 0) is 56.1 Å². The third-order valence-corrected chi connectivity index (χ3v) is 19.1. The number of hydrogen-bond acceptors (Lipinski definition) is 25. The normalized spacial score (nSPS) is 24.0. The van der Waals surface area contributed by atoms with Crippen LogP contribution in [-0.4, -0.2) is 290 Å². The molecule has 99 heavy (non-hydrogen) atoms. The lowest BCUT2D eigenvalue weighted by molar-refractivity contribution is -0.203. The number of alkyl halides is 1. The Kier molecular flexibility index (Phi) is 38.4. The lowest BCUT2D eigenvalue weighted by atomic mass is 9.45. The number of amides is 7. The van der Waals surface area contributed by atoms with E-state index >= 15 is 0 Å². The van der Waals surface area contributed by atoms with Crippen LogP contribution < -0.4 is 26.6 Å². The Bertz CT molecular complexity index is 2670. The second-order valence-electron chi connectivity index (χ2n) is 24.6. The van der Waals surface area contributed by atoms with Crippen LogP contribution in [0.3, 0.4) is 0 Å². The molecule has 560 valence electrons. The molecule has 0 bridgehead atoms. The Hall–Kier alpha value is -5.75. The van der Waals surface area contributed by atoms with Crippen LogP contribution in [0.2, 0.25) is 0 Å². The molecular weight excluding hydrogens is 1320 g/mol. The second kappa shape index (κ2) is 45.3. The van der Waals surface area contributed by atoms with Crippen molar-refractivity contribution in [2.45, 2.75) is 102 Å². The largest absolute Gasteiger partial charge is 0.450 e. The molecule has 0 saturated heterocycles. The van der Waals surface area contributed by atoms with Gasteiger partial charge in [0.25, 0.3) is 11.8 Å². The van der Waals surface area contributed by atoms with Crippen molar-refractivity contribution in [3.05, 3.63) is 36.0 Å². The maximum atomic E-state index is 14.6. The molecule has 6 N–H and O–H groups in total. The molecule has 3 saturated carbocycles. The Labute approximate surface area is 584 Å². The molecule has 0 aromatic carbocycles. The van der Waals surface area contributed by atoms with E-state index in [1.165, 1.54) is 6.08 Å². The molecule has 3 fully saturated rings. The molecule has 1 unspecified atom stereocenters. The fraction of sp³-hybridized carbons (Fsp3) is 0.761. The summed E-state index contributed by atoms with van der Waals surface area (Å²) in [5, 5.41) is 24.5. The predicted octanol–water partition coefficient (Wildman–Crippen LogP) is -0.0184. The first-order valence-corrected chi connectivity index (χ1v) is 34.4. The van der Waals surface area contributed by atoms with Crippen LogP contribution in [0.1, 0.15) is 79.1 Å². The summed E-state index contributed by atoms with van der Waals surface area (Å²) in [7, 11) is 1.63. The fourth-order valence-corrected chi connectivity index (χ4v) is 13.6. The lowest BCUT2D eigenvalue weighted by Crippen LogP contribution is -2.69. The number of esters is 1. The number of hydrogen-bond donors (Lipinski definition) is 6. The molecule has 7 amide bonds. The topological polar surface area (TPSA) is 384 Å². The molecule has 5 rings (SSSR count). The van der Waals surface area contributed by atoms with Crippen molar-refractivity contribution in [3.63, 3.8) is 0 Å². The number of nitrogens with zero attached hydrogens (tertiary/aromatic N) is 1. The summed E-state index contributed by atoms with van der Waals surface area (Å²) in [6, 6.07) is -1.34. The zero-order chi connectivity index (χ0) is 71.9. The summed E-state index contributed by atoms with van der Waals surface area (Å²) < 4.78 is 77.0. The van der Waals surface area contributed by atoms with E-state index in [-0.39, 0.29) is 82.6 Å². The highest BCUT2D eigenvalue weighted by Crippen LogP contribution is 2.72. The molecule has 5 aliphatic rings. The smallest absolute Gasteiger partial charge is 0.306 e. The van der Waals surface area contributed by atoms with Crippen molar-refractivity contribution in [1.82, 2.24) is 31.5 Å². The Morgan fingerprint density at radius 2 is 1.09 bits per heavy atom. The Morgan fingerprint density at radius 3 is 1.60 bits per heavy atom. The van der Waals surface area contributed by atoms with Gasteiger partial charge in [0, 0.05) is 68.4 Å². The number of rotatable bonds is 55. The molecule has 0 spiro atoms. The van der Waals surface area contributed by atoms with Gasteiger partial charge in [0.05, 0.1) is 176 Å². The third-order valence-electron chi connectivity index (χ3n) is 18.1. The van der Waals surface area contributed by atoms with Crippen molar-refractivity contribution < 1.29 is 119 Å². The number of aliphatic hydroxyl groups excluding tert-OH is 1. The number of aliphatic hydroxyl groups is 1. The number of carbonyl (C=O) groups is 10. The van der Waals surface area contributed by atoms with E-state index in [1.807, 2.05) is 20.8 Å². The monoisotopic (exact) mass is 1430 g/mol. The van der Waals surface area contributed by atoms with Crippen LogP contribution in [0.4, 0.5) is 0 Å². The SMILES string of the molecule is CCC(=O)O[C@]1(C(=O)COCNC(=O)CNC(=O)CNC(=O)[C@H](CCC(=O)NCCOCCOCCOCCOCCOCCOCCOCCOCCOCCOCCOCCOC)NC(=O)CCN2C(=O)C=CC2=O)[C@@H](C)CC2[C@@H]3CCC4=CC(=O)C=C[C@]4(C)[C@@]3(Cl)[C@@H](O)C[C@@]21C. The number of ether oxygens (including phenoxy) is 14. The quantitative estimate of drug-likeness (QED) is 0.0153. The van der Waals surface area contributed by atoms with Gasteiger partial charge >= 0.3 is 5.97 Å². The van der Waals surface area contributed by atoms with Crippen LogP contribution in [0.15, 0.2) is 36.0 Å². The van der Waals surface area contributed by atoms with E-state index in [9.17, 15) is 53.1 Å². The van der Waals surface area contributed by atoms with Gasteiger partial charge in [-0.2, -0.15) is 0 Å². The molecule has 0 aromatic heterocycles. The third kappa shape index (κ3) is 26.2. The van der Waals surface area contributed by atoms with E-state index in [0.717, 1.165) is 22.6 Å². The maximum absolute atomic E-state index is 14.6. The molecule has 31 nitrogen and oxygen atoms in total. The van der Waals surface area contributed by atoms with Crippen molar-refractivity contribution >= 4 is 70.5 Å². The average molecular weight is 1430 g/mol. The Balaban J connectivity index is 0.886. The fourth-order valence-electron chi connectivity index (χ4n) is 13.1. The number of Topliss-reactive ketones (excluding diaryl/α,β-unsaturated/α-hetero) is 1. The van der Waals surface area contributed by atoms with Crippen LogP contribution in [0.25, 0.3) is 0 Å². The van der Waals surface area contributed by atoms with Gasteiger partial charge in [-0.15, -0.1) is 11.6 Å². The number of methoxy groups -OCH3 is 1. The summed E-state index contributed by atoms with van der Waals surface area (Å²) in [4.78, 5) is 129. The summed E-state index contributed by atoms with van der Waals surface area (Å²) in [6.45, 7) is 14.4. The number of halogens is 1. The summed E-state index contributed by atoms with van der Waals surface area (Å²) >= 11 is 7.62. The lowest BCUT2D eigenvalue weighted by Gasteiger charge is -2.64. The van der Waals surface area contributed by atoms with Gasteiger partial charge in [0.2, 0.25) is 35.3 Å². The standard InChI is InChI=1S/C67H105ClN6O25/c1-6-62(84)99-67(48(2)41-52-51-8-7-49-42-50(75)13-15-64(49,3)66(51,68)54(76)43-65(52,67)4)55(77)46-98-47-72-59(81)44-70-58(80)45-71-63(85)53(73-57(79)14-17-74-60(82)11-12-61(74)83)9-10-56(78)69-16-18-87-21-22-89-25-26-91-29-30-93-33-34-95-37-38-97-40-39-96-36-35-94-32-31-92-28-27-90-24-23-88-20-19-86-5/h11-13,15,42,48,51-54,76H,6-10,14,16-41,43-47H2,1-5H3,(H,69,78)(H,70,80)(H,71,85)(H,72,81)(H,73,79)/t48-,51-,52?,53-,54-,64-,65-,66-,67-/m0/s1. The van der Waals surface area contributed by atoms with E-state index in [2.05, 4.69) is 26.6 Å². The second-order valence-corrected chi connectivity index (χ2v) is 25.2. The highest BCUT2D eigenvalue weighted by Gasteiger charge is 2.76. The molecular formula is C67H105ClN6O25. The van der Waals surface area contributed by atoms with Crippen molar-refractivity contribution in [2.24, 2.45) is 28.6 Å². The number of allylic oxidation sites excluding steroid dienone is 4. The first-order valence-electron chi connectivity index (χ1n) is 34.1. The van der Waals surface area contributed by atoms with Gasteiger partial charge in [-0.3, -0.25) is 52.8 Å². The summed E-state index contributed by atoms with van der Waals surface area (Å²) in [5.41, 5.74) is -2.81. The average Bonchev–Trinajstić information content (AvgIpc) is 1.59. The van der Waals surface area contributed by atoms with E-state index in [0.29, 0.717) is 151 Å². The zero-order valence-corrected chi connectivity index (χ0v) is 58.8. The molecule has 0 radical (unpaired) electrons. The van der Waals surface area contributed by atoms with Crippen LogP contribution in [-0.2, 0) is 114 Å². The first-order chi connectivity index (χ1) is 47.7. The van der Waals surface area contributed by atoms with E-state index in [1.54, 1.807) is 26.2 Å². The van der Waals surface area contributed by atoms with Crippen molar-refractivity contribution in [1.29, 1.82) is 0 Å². The molecule has 9 atom stereocenters. The minimum Gasteiger partial charge on any atom is -0.450 e. The van der Waals surface area contributed by atoms with Gasteiger partial charge in [0.15, 0.2) is 11.4 Å². The van der Waals surface area contributed by atoms with Crippen LogP contribution in [0, 0.1) is 28.6 Å². The highest BCUT2D eigenvalue weighted by molar-refractivity contribution is 6.26. The molecule has 32 heteroatoms. The minimum absolute atomic E-state index is 0.0103. The number of imide groups is 1. The molecule has 4 aliphatic carbocycles. The van der Waals surface area contributed by atoms with Crippen LogP contribution in [0.5, 0.6) is 0 Å². The van der Waals surface area contributed by atoms with Gasteiger partial charge in [-0.1, -0.05) is 39.3 Å². The Morgan fingerprint density at radius 1 is 0.606 bits per heavy atom. The van der Waals surface area contributed by atoms with Crippen molar-refractivity contribution in [3.8, 4) is 0 Å². The summed E-state index contributed by atoms with van der Waals surface area (Å²) in [6.07, 6.45) is 6.50. The van der Waals surface area contributed by atoms with Crippen LogP contribution >= 0.6 is 11.6 Å².